The third-order valence-electron chi connectivity index (χ3n) is 4.93. The van der Waals surface area contributed by atoms with Gasteiger partial charge in [-0.1, -0.05) is 30.7 Å². The van der Waals surface area contributed by atoms with Crippen molar-refractivity contribution in [2.24, 2.45) is 0 Å². The van der Waals surface area contributed by atoms with E-state index in [0.717, 1.165) is 22.7 Å². The third-order valence-corrected chi connectivity index (χ3v) is 6.52. The molecule has 0 radical (unpaired) electrons. The van der Waals surface area contributed by atoms with Crippen LogP contribution in [0, 0.1) is 0 Å². The van der Waals surface area contributed by atoms with E-state index in [1.165, 1.54) is 18.7 Å². The Bertz CT molecular complexity index is 1080. The number of carbonyl (C=O) groups is 4. The van der Waals surface area contributed by atoms with Crippen molar-refractivity contribution in [1.82, 2.24) is 5.32 Å². The van der Waals surface area contributed by atoms with Crippen molar-refractivity contribution >= 4 is 52.9 Å². The highest BCUT2D eigenvalue weighted by Gasteiger charge is 2.40. The van der Waals surface area contributed by atoms with Crippen LogP contribution >= 0.6 is 23.4 Å². The van der Waals surface area contributed by atoms with Crippen molar-refractivity contribution in [3.05, 3.63) is 53.1 Å². The van der Waals surface area contributed by atoms with E-state index >= 15 is 0 Å². The average Bonchev–Trinajstić information content (AvgIpc) is 2.94. The number of carbonyl (C=O) groups excluding carboxylic acids is 2. The maximum absolute atomic E-state index is 13.6. The van der Waals surface area contributed by atoms with Crippen molar-refractivity contribution in [3.8, 4) is 5.75 Å². The summed E-state index contributed by atoms with van der Waals surface area (Å²) < 4.78 is 10.8. The summed E-state index contributed by atoms with van der Waals surface area (Å²) in [5.74, 6) is -3.69. The Morgan fingerprint density at radius 1 is 1.11 bits per heavy atom. The van der Waals surface area contributed by atoms with Gasteiger partial charge in [-0.2, -0.15) is 0 Å². The van der Waals surface area contributed by atoms with Crippen LogP contribution < -0.4 is 15.0 Å². The summed E-state index contributed by atoms with van der Waals surface area (Å²) in [4.78, 5) is 46.2. The second kappa shape index (κ2) is 13.7. The first-order valence-electron chi connectivity index (χ1n) is 10.8. The summed E-state index contributed by atoms with van der Waals surface area (Å²) in [5, 5.41) is 18.2. The molecule has 0 aliphatic carbocycles. The van der Waals surface area contributed by atoms with Crippen molar-refractivity contribution in [1.29, 1.82) is 0 Å². The number of benzene rings is 2. The second-order valence-corrected chi connectivity index (χ2v) is 9.03. The quantitative estimate of drug-likeness (QED) is 0.273. The van der Waals surface area contributed by atoms with E-state index in [9.17, 15) is 9.59 Å². The van der Waals surface area contributed by atoms with Crippen LogP contribution in [0.25, 0.3) is 0 Å². The number of hydrogen-bond acceptors (Lipinski definition) is 8. The first-order valence-corrected chi connectivity index (χ1v) is 12.1. The minimum Gasteiger partial charge on any atom is -0.497 e. The van der Waals surface area contributed by atoms with Gasteiger partial charge in [0.25, 0.3) is 5.91 Å². The maximum atomic E-state index is 13.6. The summed E-state index contributed by atoms with van der Waals surface area (Å²) >= 11 is 7.73. The number of fused-ring (bicyclic) bond motifs is 1. The van der Waals surface area contributed by atoms with Crippen LogP contribution in [0.5, 0.6) is 5.75 Å². The fraction of sp³-hybridized carbons (Fsp3) is 0.333. The Morgan fingerprint density at radius 2 is 1.75 bits per heavy atom. The Balaban J connectivity index is 0.000000678. The van der Waals surface area contributed by atoms with E-state index in [4.69, 9.17) is 40.9 Å². The number of rotatable bonds is 7. The molecule has 0 spiro atoms. The number of carboxylic acids is 2. The van der Waals surface area contributed by atoms with Gasteiger partial charge in [0.15, 0.2) is 6.10 Å². The van der Waals surface area contributed by atoms with Crippen molar-refractivity contribution < 1.29 is 38.9 Å². The zero-order valence-corrected chi connectivity index (χ0v) is 21.5. The van der Waals surface area contributed by atoms with E-state index in [1.54, 1.807) is 18.1 Å². The van der Waals surface area contributed by atoms with Crippen LogP contribution in [-0.2, 0) is 23.9 Å². The number of anilines is 1. The predicted molar refractivity (Wildman–Crippen MR) is 135 cm³/mol. The number of methoxy groups -OCH3 is 1. The highest BCUT2D eigenvalue weighted by Crippen LogP contribution is 2.47. The molecule has 3 N–H and O–H groups in total. The van der Waals surface area contributed by atoms with Gasteiger partial charge in [0.1, 0.15) is 5.75 Å². The number of nitrogens with zero attached hydrogens (tertiary/aromatic N) is 1. The van der Waals surface area contributed by atoms with Gasteiger partial charge in [-0.3, -0.25) is 9.59 Å². The SMILES string of the molecule is CCNCCN1C(=O)[C@H](OC(C)=O)[C@H](c2ccc(OC)cc2)Sc2cc(Cl)ccc21.O=C(O)C(=O)O. The van der Waals surface area contributed by atoms with Crippen LogP contribution in [-0.4, -0.2) is 66.9 Å². The third kappa shape index (κ3) is 7.87. The van der Waals surface area contributed by atoms with Crippen molar-refractivity contribution in [2.45, 2.75) is 30.1 Å². The van der Waals surface area contributed by atoms with Gasteiger partial charge in [0, 0.05) is 29.9 Å². The summed E-state index contributed by atoms with van der Waals surface area (Å²) in [6.07, 6.45) is -0.964. The summed E-state index contributed by atoms with van der Waals surface area (Å²) in [5.41, 5.74) is 1.63. The van der Waals surface area contributed by atoms with Crippen LogP contribution in [0.4, 0.5) is 5.69 Å². The number of ether oxygens (including phenoxy) is 2. The molecular weight excluding hydrogens is 512 g/mol. The smallest absolute Gasteiger partial charge is 0.414 e. The molecule has 2 aromatic carbocycles. The molecule has 0 saturated heterocycles. The Morgan fingerprint density at radius 3 is 2.28 bits per heavy atom. The molecule has 3 rings (SSSR count). The Hall–Kier alpha value is -3.28. The topological polar surface area (TPSA) is 142 Å². The molecule has 0 saturated carbocycles. The van der Waals surface area contributed by atoms with Gasteiger partial charge in [-0.25, -0.2) is 9.59 Å². The Kier molecular flexibility index (Phi) is 11.0. The standard InChI is InChI=1S/C22H25ClN2O4S.C2H2O4/c1-4-24-11-12-25-18-10-7-16(23)13-19(18)30-21(20(22(25)27)29-14(2)26)15-5-8-17(28-3)9-6-15;3-1(4)2(5)6/h5-10,13,20-21,24H,4,11-12H2,1-3H3;(H,3,4)(H,5,6)/t20-,21+;/m1./s1. The second-order valence-electron chi connectivity index (χ2n) is 7.41. The van der Waals surface area contributed by atoms with E-state index in [-0.39, 0.29) is 5.91 Å². The van der Waals surface area contributed by atoms with Crippen LogP contribution in [0.2, 0.25) is 5.02 Å². The highest BCUT2D eigenvalue weighted by molar-refractivity contribution is 7.99. The van der Waals surface area contributed by atoms with E-state index in [1.807, 2.05) is 43.3 Å². The fourth-order valence-corrected chi connectivity index (χ4v) is 4.92. The summed E-state index contributed by atoms with van der Waals surface area (Å²) in [6.45, 7) is 5.20. The van der Waals surface area contributed by atoms with Gasteiger partial charge >= 0.3 is 17.9 Å². The van der Waals surface area contributed by atoms with E-state index < -0.39 is 29.3 Å². The lowest BCUT2D eigenvalue weighted by Gasteiger charge is -2.27. The number of thioether (sulfide) groups is 1. The van der Waals surface area contributed by atoms with Gasteiger partial charge in [-0.15, -0.1) is 11.8 Å². The first kappa shape index (κ1) is 29.0. The predicted octanol–water partition coefficient (Wildman–Crippen LogP) is 3.23. The molecule has 0 aromatic heterocycles. The molecule has 1 heterocycles. The number of hydrogen-bond donors (Lipinski definition) is 3. The molecule has 12 heteroatoms. The van der Waals surface area contributed by atoms with Gasteiger partial charge < -0.3 is 29.9 Å². The minimum absolute atomic E-state index is 0.252. The largest absolute Gasteiger partial charge is 0.497 e. The van der Waals surface area contributed by atoms with Crippen LogP contribution in [0.3, 0.4) is 0 Å². The number of aliphatic carboxylic acids is 2. The minimum atomic E-state index is -1.82. The molecule has 1 amide bonds. The fourth-order valence-electron chi connectivity index (χ4n) is 3.33. The number of likely N-dealkylation sites (N-methyl/N-ethyl adjacent to an activating group) is 1. The van der Waals surface area contributed by atoms with Gasteiger partial charge in [0.05, 0.1) is 18.0 Å². The molecule has 2 atom stereocenters. The van der Waals surface area contributed by atoms with E-state index in [2.05, 4.69) is 5.32 Å². The molecule has 1 aliphatic rings. The molecule has 36 heavy (non-hydrogen) atoms. The number of halogens is 1. The number of nitrogens with one attached hydrogen (secondary N) is 1. The average molecular weight is 539 g/mol. The molecule has 194 valence electrons. The molecule has 0 bridgehead atoms. The summed E-state index contributed by atoms with van der Waals surface area (Å²) in [6, 6.07) is 12.9. The van der Waals surface area contributed by atoms with Crippen molar-refractivity contribution in [2.75, 3.05) is 31.6 Å². The first-order chi connectivity index (χ1) is 17.1. The monoisotopic (exact) mass is 538 g/mol. The molecule has 2 aromatic rings. The van der Waals surface area contributed by atoms with Gasteiger partial charge in [-0.05, 0) is 42.4 Å². The number of amides is 1. The van der Waals surface area contributed by atoms with Crippen LogP contribution in [0.1, 0.15) is 24.7 Å². The maximum Gasteiger partial charge on any atom is 0.414 e. The lowest BCUT2D eigenvalue weighted by atomic mass is 10.1. The normalized spacial score (nSPS) is 16.7. The number of esters is 1. The van der Waals surface area contributed by atoms with Crippen LogP contribution in [0.15, 0.2) is 47.4 Å². The molecular formula is C24H27ClN2O8S. The number of carboxylic acid groups (broad SMARTS) is 2. The Labute approximate surface area is 217 Å². The lowest BCUT2D eigenvalue weighted by molar-refractivity contribution is -0.159. The molecule has 1 aliphatic heterocycles. The highest BCUT2D eigenvalue weighted by atomic mass is 35.5. The lowest BCUT2D eigenvalue weighted by Crippen LogP contribution is -2.45. The summed E-state index contributed by atoms with van der Waals surface area (Å²) in [7, 11) is 1.60. The zero-order chi connectivity index (χ0) is 26.8. The zero-order valence-electron chi connectivity index (χ0n) is 19.9. The molecule has 0 fully saturated rings. The van der Waals surface area contributed by atoms with E-state index in [0.29, 0.717) is 23.9 Å². The van der Waals surface area contributed by atoms with Gasteiger partial charge in [0.2, 0.25) is 0 Å². The van der Waals surface area contributed by atoms with Crippen molar-refractivity contribution in [3.63, 3.8) is 0 Å². The molecule has 0 unspecified atom stereocenters. The molecule has 10 nitrogen and oxygen atoms in total.